The number of anilines is 1. The molecular formula is C27H28ClFN2O3. The number of carbonyl (C=O) groups excluding carboxylic acids is 1. The fourth-order valence-corrected chi connectivity index (χ4v) is 4.60. The number of amides is 1. The van der Waals surface area contributed by atoms with Gasteiger partial charge in [-0.05, 0) is 73.0 Å². The molecule has 0 unspecified atom stereocenters. The van der Waals surface area contributed by atoms with Crippen molar-refractivity contribution in [2.45, 2.75) is 25.4 Å². The van der Waals surface area contributed by atoms with Crippen molar-refractivity contribution < 1.29 is 18.7 Å². The Bertz CT molecular complexity index is 1110. The van der Waals surface area contributed by atoms with Gasteiger partial charge in [0.25, 0.3) is 5.91 Å². The van der Waals surface area contributed by atoms with Gasteiger partial charge in [-0.2, -0.15) is 0 Å². The molecule has 1 amide bonds. The number of piperidine rings is 1. The Morgan fingerprint density at radius 2 is 1.65 bits per heavy atom. The van der Waals surface area contributed by atoms with Crippen LogP contribution in [0, 0.1) is 5.82 Å². The summed E-state index contributed by atoms with van der Waals surface area (Å²) >= 11 is 6.14. The minimum Gasteiger partial charge on any atom is -0.497 e. The van der Waals surface area contributed by atoms with Crippen molar-refractivity contribution in [3.8, 4) is 11.5 Å². The van der Waals surface area contributed by atoms with Gasteiger partial charge in [-0.25, -0.2) is 4.39 Å². The average molecular weight is 483 g/mol. The molecule has 7 heteroatoms. The van der Waals surface area contributed by atoms with Crippen LogP contribution in [0.4, 0.5) is 10.1 Å². The van der Waals surface area contributed by atoms with Crippen molar-refractivity contribution in [2.24, 2.45) is 0 Å². The first-order valence-corrected chi connectivity index (χ1v) is 11.6. The summed E-state index contributed by atoms with van der Waals surface area (Å²) in [7, 11) is 3.29. The number of halogens is 2. The zero-order chi connectivity index (χ0) is 24.1. The van der Waals surface area contributed by atoms with Gasteiger partial charge in [-0.3, -0.25) is 9.69 Å². The van der Waals surface area contributed by atoms with Crippen LogP contribution in [0.5, 0.6) is 11.5 Å². The molecule has 1 aliphatic rings. The van der Waals surface area contributed by atoms with Crippen LogP contribution in [0.25, 0.3) is 0 Å². The number of ether oxygens (including phenoxy) is 2. The van der Waals surface area contributed by atoms with E-state index in [-0.39, 0.29) is 17.8 Å². The van der Waals surface area contributed by atoms with Crippen LogP contribution < -0.4 is 14.4 Å². The second kappa shape index (κ2) is 10.9. The summed E-state index contributed by atoms with van der Waals surface area (Å²) < 4.78 is 24.4. The third kappa shape index (κ3) is 5.69. The SMILES string of the molecule is COc1cc(CN2CCC(N(C(=O)c3cccc(Cl)c3)c3ccc(F)cc3)CC2)cc(OC)c1. The first-order valence-electron chi connectivity index (χ1n) is 11.3. The summed E-state index contributed by atoms with van der Waals surface area (Å²) in [6.07, 6.45) is 1.59. The van der Waals surface area contributed by atoms with Crippen molar-refractivity contribution in [1.82, 2.24) is 4.90 Å². The number of methoxy groups -OCH3 is 2. The van der Waals surface area contributed by atoms with Gasteiger partial charge in [0.2, 0.25) is 0 Å². The van der Waals surface area contributed by atoms with Crippen LogP contribution in [0.1, 0.15) is 28.8 Å². The lowest BCUT2D eigenvalue weighted by atomic mass is 10.00. The summed E-state index contributed by atoms with van der Waals surface area (Å²) in [6.45, 7) is 2.41. The molecule has 0 atom stereocenters. The van der Waals surface area contributed by atoms with Gasteiger partial charge >= 0.3 is 0 Å². The summed E-state index contributed by atoms with van der Waals surface area (Å²) in [5.74, 6) is 1.06. The van der Waals surface area contributed by atoms with E-state index in [1.807, 2.05) is 18.2 Å². The molecule has 0 aliphatic carbocycles. The largest absolute Gasteiger partial charge is 0.497 e. The van der Waals surface area contributed by atoms with E-state index in [0.717, 1.165) is 49.5 Å². The quantitative estimate of drug-likeness (QED) is 0.426. The van der Waals surface area contributed by atoms with Crippen molar-refractivity contribution in [2.75, 3.05) is 32.2 Å². The van der Waals surface area contributed by atoms with E-state index in [9.17, 15) is 9.18 Å². The van der Waals surface area contributed by atoms with Crippen LogP contribution in [0.2, 0.25) is 5.02 Å². The van der Waals surface area contributed by atoms with E-state index in [0.29, 0.717) is 16.3 Å². The topological polar surface area (TPSA) is 42.0 Å². The molecule has 178 valence electrons. The van der Waals surface area contributed by atoms with Gasteiger partial charge in [0.15, 0.2) is 0 Å². The number of carbonyl (C=O) groups is 1. The number of nitrogens with zero attached hydrogens (tertiary/aromatic N) is 2. The summed E-state index contributed by atoms with van der Waals surface area (Å²) in [4.78, 5) is 17.7. The normalized spacial score (nSPS) is 14.6. The van der Waals surface area contributed by atoms with E-state index in [1.54, 1.807) is 55.5 Å². The van der Waals surface area contributed by atoms with Crippen molar-refractivity contribution in [3.05, 3.63) is 88.7 Å². The predicted molar refractivity (Wildman–Crippen MR) is 133 cm³/mol. The third-order valence-electron chi connectivity index (χ3n) is 6.13. The second-order valence-corrected chi connectivity index (χ2v) is 8.83. The number of benzene rings is 3. The van der Waals surface area contributed by atoms with Gasteiger partial charge in [-0.1, -0.05) is 17.7 Å². The average Bonchev–Trinajstić information content (AvgIpc) is 2.86. The van der Waals surface area contributed by atoms with Crippen molar-refractivity contribution in [3.63, 3.8) is 0 Å². The van der Waals surface area contributed by atoms with Crippen molar-refractivity contribution in [1.29, 1.82) is 0 Å². The highest BCUT2D eigenvalue weighted by atomic mass is 35.5. The highest BCUT2D eigenvalue weighted by Crippen LogP contribution is 2.29. The monoisotopic (exact) mass is 482 g/mol. The molecule has 1 aliphatic heterocycles. The fourth-order valence-electron chi connectivity index (χ4n) is 4.41. The molecule has 0 saturated carbocycles. The molecule has 0 aromatic heterocycles. The lowest BCUT2D eigenvalue weighted by Crippen LogP contribution is -2.47. The smallest absolute Gasteiger partial charge is 0.258 e. The van der Waals surface area contributed by atoms with E-state index in [4.69, 9.17) is 21.1 Å². The Morgan fingerprint density at radius 1 is 1.00 bits per heavy atom. The lowest BCUT2D eigenvalue weighted by Gasteiger charge is -2.38. The van der Waals surface area contributed by atoms with Gasteiger partial charge in [0, 0.05) is 48.0 Å². The molecule has 5 nitrogen and oxygen atoms in total. The van der Waals surface area contributed by atoms with Crippen LogP contribution in [0.15, 0.2) is 66.7 Å². The maximum absolute atomic E-state index is 13.6. The molecule has 1 heterocycles. The minimum atomic E-state index is -0.331. The zero-order valence-electron chi connectivity index (χ0n) is 19.3. The number of rotatable bonds is 7. The first kappa shape index (κ1) is 24.0. The highest BCUT2D eigenvalue weighted by molar-refractivity contribution is 6.31. The van der Waals surface area contributed by atoms with Gasteiger partial charge in [-0.15, -0.1) is 0 Å². The van der Waals surface area contributed by atoms with Gasteiger partial charge in [0.05, 0.1) is 14.2 Å². The van der Waals surface area contributed by atoms with Crippen LogP contribution >= 0.6 is 11.6 Å². The highest BCUT2D eigenvalue weighted by Gasteiger charge is 2.30. The molecular weight excluding hydrogens is 455 g/mol. The molecule has 1 fully saturated rings. The second-order valence-electron chi connectivity index (χ2n) is 8.39. The summed E-state index contributed by atoms with van der Waals surface area (Å²) in [5.41, 5.74) is 2.31. The number of hydrogen-bond donors (Lipinski definition) is 0. The Labute approximate surface area is 204 Å². The molecule has 0 N–H and O–H groups in total. The summed E-state index contributed by atoms with van der Waals surface area (Å²) in [5, 5.41) is 0.508. The van der Waals surface area contributed by atoms with E-state index < -0.39 is 0 Å². The van der Waals surface area contributed by atoms with Crippen LogP contribution in [-0.4, -0.2) is 44.2 Å². The van der Waals surface area contributed by atoms with E-state index >= 15 is 0 Å². The predicted octanol–water partition coefficient (Wildman–Crippen LogP) is 5.81. The molecule has 0 radical (unpaired) electrons. The fraction of sp³-hybridized carbons (Fsp3) is 0.296. The molecule has 3 aromatic rings. The van der Waals surface area contributed by atoms with Gasteiger partial charge < -0.3 is 14.4 Å². The maximum Gasteiger partial charge on any atom is 0.258 e. The number of hydrogen-bond acceptors (Lipinski definition) is 4. The first-order chi connectivity index (χ1) is 16.5. The molecule has 34 heavy (non-hydrogen) atoms. The third-order valence-corrected chi connectivity index (χ3v) is 6.37. The minimum absolute atomic E-state index is 0.00645. The molecule has 0 bridgehead atoms. The zero-order valence-corrected chi connectivity index (χ0v) is 20.1. The van der Waals surface area contributed by atoms with Crippen molar-refractivity contribution >= 4 is 23.2 Å². The molecule has 1 saturated heterocycles. The Hall–Kier alpha value is -3.09. The maximum atomic E-state index is 13.6. The van der Waals surface area contributed by atoms with E-state index in [2.05, 4.69) is 4.90 Å². The van der Waals surface area contributed by atoms with Crippen LogP contribution in [0.3, 0.4) is 0 Å². The Balaban J connectivity index is 1.51. The molecule has 0 spiro atoms. The van der Waals surface area contributed by atoms with E-state index in [1.165, 1.54) is 12.1 Å². The standard InChI is InChI=1S/C27H28ClFN2O3/c1-33-25-14-19(15-26(17-25)34-2)18-30-12-10-24(11-13-30)31(23-8-6-22(29)7-9-23)27(32)20-4-3-5-21(28)16-20/h3-9,14-17,24H,10-13,18H2,1-2H3. The van der Waals surface area contributed by atoms with Crippen LogP contribution in [-0.2, 0) is 6.54 Å². The Kier molecular flexibility index (Phi) is 7.70. The molecule has 3 aromatic carbocycles. The molecule has 4 rings (SSSR count). The summed E-state index contributed by atoms with van der Waals surface area (Å²) in [6, 6.07) is 18.9. The number of likely N-dealkylation sites (tertiary alicyclic amines) is 1. The van der Waals surface area contributed by atoms with Gasteiger partial charge in [0.1, 0.15) is 17.3 Å². The lowest BCUT2D eigenvalue weighted by molar-refractivity contribution is 0.0958. The Morgan fingerprint density at radius 3 is 2.24 bits per heavy atom.